The van der Waals surface area contributed by atoms with Crippen LogP contribution in [-0.4, -0.2) is 32.0 Å². The Hall–Kier alpha value is -0.560. The first-order valence-electron chi connectivity index (χ1n) is 4.31. The van der Waals surface area contributed by atoms with Gasteiger partial charge in [0, 0.05) is 0 Å². The molecule has 1 aromatic rings. The number of aromatic nitrogens is 2. The summed E-state index contributed by atoms with van der Waals surface area (Å²) in [6.45, 7) is 0. The van der Waals surface area contributed by atoms with Crippen molar-refractivity contribution in [2.45, 2.75) is 18.6 Å². The smallest absolute Gasteiger partial charge is 0.155 e. The monoisotopic (exact) mass is 249 g/mol. The van der Waals surface area contributed by atoms with Gasteiger partial charge in [0.05, 0.1) is 12.3 Å². The van der Waals surface area contributed by atoms with Crippen LogP contribution in [-0.2, 0) is 0 Å². The van der Waals surface area contributed by atoms with Gasteiger partial charge in [-0.1, -0.05) is 11.6 Å². The van der Waals surface area contributed by atoms with Crippen LogP contribution in [0, 0.1) is 0 Å². The zero-order valence-electron chi connectivity index (χ0n) is 7.84. The van der Waals surface area contributed by atoms with Crippen LogP contribution in [0.25, 0.3) is 0 Å². The van der Waals surface area contributed by atoms with Gasteiger partial charge in [-0.2, -0.15) is 12.6 Å². The number of aliphatic hydroxyl groups is 2. The maximum atomic E-state index is 9.68. The lowest BCUT2D eigenvalue weighted by Crippen LogP contribution is -2.20. The van der Waals surface area contributed by atoms with Crippen LogP contribution < -0.4 is 5.73 Å². The number of aliphatic hydroxyl groups excluding tert-OH is 2. The fourth-order valence-electron chi connectivity index (χ4n) is 1.06. The van der Waals surface area contributed by atoms with Gasteiger partial charge in [0.2, 0.25) is 0 Å². The van der Waals surface area contributed by atoms with Crippen LogP contribution in [0.5, 0.6) is 0 Å². The van der Waals surface area contributed by atoms with Gasteiger partial charge >= 0.3 is 0 Å². The van der Waals surface area contributed by atoms with Gasteiger partial charge in [0.25, 0.3) is 0 Å². The fourth-order valence-corrected chi connectivity index (χ4v) is 1.58. The molecular weight excluding hydrogens is 238 g/mol. The summed E-state index contributed by atoms with van der Waals surface area (Å²) in [6, 6.07) is 0. The van der Waals surface area contributed by atoms with Crippen molar-refractivity contribution in [1.29, 1.82) is 0 Å². The van der Waals surface area contributed by atoms with Crippen molar-refractivity contribution in [1.82, 2.24) is 9.97 Å². The molecule has 1 rings (SSSR count). The molecule has 2 atom stereocenters. The molecule has 84 valence electrons. The highest BCUT2D eigenvalue weighted by Gasteiger charge is 2.22. The lowest BCUT2D eigenvalue weighted by atomic mass is 10.1. The van der Waals surface area contributed by atoms with Crippen LogP contribution in [0.1, 0.15) is 18.2 Å². The molecule has 0 fully saturated rings. The topological polar surface area (TPSA) is 92.3 Å². The summed E-state index contributed by atoms with van der Waals surface area (Å²) in [4.78, 5) is 7.55. The van der Waals surface area contributed by atoms with Crippen molar-refractivity contribution < 1.29 is 10.2 Å². The normalized spacial score (nSPS) is 14.9. The predicted octanol–water partition coefficient (Wildman–Crippen LogP) is 0.426. The molecule has 0 aliphatic heterocycles. The highest BCUT2D eigenvalue weighted by molar-refractivity contribution is 7.80. The molecule has 7 heteroatoms. The second-order valence-corrected chi connectivity index (χ2v) is 3.80. The summed E-state index contributed by atoms with van der Waals surface area (Å²) in [6.07, 6.45) is -0.513. The van der Waals surface area contributed by atoms with Crippen LogP contribution in [0.15, 0.2) is 6.20 Å². The van der Waals surface area contributed by atoms with E-state index in [2.05, 4.69) is 22.6 Å². The third kappa shape index (κ3) is 3.20. The summed E-state index contributed by atoms with van der Waals surface area (Å²) in [5, 5.41) is 19.2. The summed E-state index contributed by atoms with van der Waals surface area (Å²) in [5.41, 5.74) is 5.47. The first kappa shape index (κ1) is 12.5. The number of nitrogen functional groups attached to an aromatic ring is 1. The van der Waals surface area contributed by atoms with Crippen molar-refractivity contribution in [3.63, 3.8) is 0 Å². The van der Waals surface area contributed by atoms with Gasteiger partial charge in [-0.25, -0.2) is 4.98 Å². The molecule has 15 heavy (non-hydrogen) atoms. The van der Waals surface area contributed by atoms with Crippen molar-refractivity contribution in [3.8, 4) is 0 Å². The SMILES string of the molecule is Nc1cnc(C(O)C(O)CCS)c(Cl)n1. The lowest BCUT2D eigenvalue weighted by molar-refractivity contribution is 0.0145. The average molecular weight is 250 g/mol. The van der Waals surface area contributed by atoms with E-state index in [1.54, 1.807) is 0 Å². The zero-order chi connectivity index (χ0) is 11.4. The molecular formula is C8H12ClN3O2S. The van der Waals surface area contributed by atoms with E-state index in [0.717, 1.165) is 0 Å². The van der Waals surface area contributed by atoms with Crippen molar-refractivity contribution >= 4 is 30.0 Å². The molecule has 0 spiro atoms. The Bertz CT molecular complexity index is 340. The molecule has 0 radical (unpaired) electrons. The van der Waals surface area contributed by atoms with Gasteiger partial charge in [-0.05, 0) is 12.2 Å². The molecule has 0 bridgehead atoms. The van der Waals surface area contributed by atoms with Crippen LogP contribution in [0.3, 0.4) is 0 Å². The number of hydrogen-bond acceptors (Lipinski definition) is 6. The second kappa shape index (κ2) is 5.50. The Morgan fingerprint density at radius 2 is 2.20 bits per heavy atom. The minimum absolute atomic E-state index is 0.000661. The molecule has 4 N–H and O–H groups in total. The number of thiol groups is 1. The number of rotatable bonds is 4. The molecule has 0 saturated carbocycles. The fraction of sp³-hybridized carbons (Fsp3) is 0.500. The highest BCUT2D eigenvalue weighted by Crippen LogP contribution is 2.23. The Kier molecular flexibility index (Phi) is 4.59. The van der Waals surface area contributed by atoms with E-state index in [0.29, 0.717) is 12.2 Å². The van der Waals surface area contributed by atoms with Crippen LogP contribution >= 0.6 is 24.2 Å². The number of nitrogens with two attached hydrogens (primary N) is 1. The summed E-state index contributed by atoms with van der Waals surface area (Å²) >= 11 is 9.67. The Labute approximate surface area is 97.7 Å². The molecule has 0 aliphatic carbocycles. The number of anilines is 1. The predicted molar refractivity (Wildman–Crippen MR) is 60.9 cm³/mol. The lowest BCUT2D eigenvalue weighted by Gasteiger charge is -2.16. The third-order valence-electron chi connectivity index (χ3n) is 1.84. The maximum absolute atomic E-state index is 9.68. The summed E-state index contributed by atoms with van der Waals surface area (Å²) in [7, 11) is 0. The van der Waals surface area contributed by atoms with Crippen LogP contribution in [0.2, 0.25) is 5.15 Å². The molecule has 2 unspecified atom stereocenters. The minimum Gasteiger partial charge on any atom is -0.390 e. The van der Waals surface area contributed by atoms with Gasteiger partial charge in [0.1, 0.15) is 17.6 Å². The standard InChI is InChI=1S/C8H12ClN3O2S/c9-8-6(11-3-5(10)12-8)7(14)4(13)1-2-15/h3-4,7,13-15H,1-2H2,(H2,10,12). The van der Waals surface area contributed by atoms with E-state index in [4.69, 9.17) is 17.3 Å². The van der Waals surface area contributed by atoms with Gasteiger partial charge in [0.15, 0.2) is 5.15 Å². The average Bonchev–Trinajstić information content (AvgIpc) is 2.17. The molecule has 0 aliphatic rings. The largest absolute Gasteiger partial charge is 0.390 e. The van der Waals surface area contributed by atoms with E-state index in [1.165, 1.54) is 6.20 Å². The third-order valence-corrected chi connectivity index (χ3v) is 2.38. The second-order valence-electron chi connectivity index (χ2n) is 3.00. The molecule has 1 aromatic heterocycles. The summed E-state index contributed by atoms with van der Waals surface area (Å²) in [5.74, 6) is 0.623. The van der Waals surface area contributed by atoms with Crippen molar-refractivity contribution in [2.75, 3.05) is 11.5 Å². The zero-order valence-corrected chi connectivity index (χ0v) is 9.49. The van der Waals surface area contributed by atoms with E-state index in [9.17, 15) is 10.2 Å². The molecule has 1 heterocycles. The van der Waals surface area contributed by atoms with Gasteiger partial charge in [-0.15, -0.1) is 0 Å². The van der Waals surface area contributed by atoms with E-state index < -0.39 is 12.2 Å². The first-order chi connectivity index (χ1) is 7.06. The molecule has 5 nitrogen and oxygen atoms in total. The molecule has 0 amide bonds. The van der Waals surface area contributed by atoms with Crippen molar-refractivity contribution in [2.24, 2.45) is 0 Å². The Morgan fingerprint density at radius 1 is 1.53 bits per heavy atom. The van der Waals surface area contributed by atoms with E-state index >= 15 is 0 Å². The molecule has 0 aromatic carbocycles. The highest BCUT2D eigenvalue weighted by atomic mass is 35.5. The minimum atomic E-state index is -1.17. The van der Waals surface area contributed by atoms with Gasteiger partial charge < -0.3 is 15.9 Å². The Morgan fingerprint density at radius 3 is 2.73 bits per heavy atom. The van der Waals surface area contributed by atoms with Gasteiger partial charge in [-0.3, -0.25) is 4.98 Å². The van der Waals surface area contributed by atoms with E-state index in [-0.39, 0.29) is 16.7 Å². The Balaban J connectivity index is 2.86. The maximum Gasteiger partial charge on any atom is 0.155 e. The quantitative estimate of drug-likeness (QED) is 0.581. The number of nitrogens with zero attached hydrogens (tertiary/aromatic N) is 2. The van der Waals surface area contributed by atoms with E-state index in [1.807, 2.05) is 0 Å². The first-order valence-corrected chi connectivity index (χ1v) is 5.32. The summed E-state index contributed by atoms with van der Waals surface area (Å²) < 4.78 is 0. The molecule has 0 saturated heterocycles. The van der Waals surface area contributed by atoms with Crippen LogP contribution in [0.4, 0.5) is 5.82 Å². The van der Waals surface area contributed by atoms with Crippen molar-refractivity contribution in [3.05, 3.63) is 17.0 Å². The number of halogens is 1. The number of hydrogen-bond donors (Lipinski definition) is 4.